The molecule has 2 rings (SSSR count). The van der Waals surface area contributed by atoms with Crippen molar-refractivity contribution in [3.8, 4) is 0 Å². The van der Waals surface area contributed by atoms with Crippen LogP contribution in [0.15, 0.2) is 23.8 Å². The molecule has 0 aromatic carbocycles. The Morgan fingerprint density at radius 3 is 2.76 bits per heavy atom. The third kappa shape index (κ3) is 1.99. The highest BCUT2D eigenvalue weighted by Gasteiger charge is 2.49. The van der Waals surface area contributed by atoms with E-state index >= 15 is 0 Å². The first-order chi connectivity index (χ1) is 7.77. The topological polar surface area (TPSA) is 37.3 Å². The Labute approximate surface area is 103 Å². The lowest BCUT2D eigenvalue weighted by Crippen LogP contribution is -2.47. The summed E-state index contributed by atoms with van der Waals surface area (Å²) < 4.78 is 0. The van der Waals surface area contributed by atoms with Crippen molar-refractivity contribution in [3.63, 3.8) is 0 Å². The lowest BCUT2D eigenvalue weighted by Gasteiger charge is -2.50. The summed E-state index contributed by atoms with van der Waals surface area (Å²) in [6, 6.07) is 0. The molecule has 0 heterocycles. The van der Waals surface area contributed by atoms with Crippen molar-refractivity contribution >= 4 is 5.78 Å². The molecule has 17 heavy (non-hydrogen) atoms. The fourth-order valence-electron chi connectivity index (χ4n) is 3.47. The first-order valence-electron chi connectivity index (χ1n) is 6.36. The molecule has 0 aromatic rings. The lowest BCUT2D eigenvalue weighted by molar-refractivity contribution is -0.121. The quantitative estimate of drug-likeness (QED) is 0.708. The summed E-state index contributed by atoms with van der Waals surface area (Å²) in [6.45, 7) is 10.0. The molecular weight excluding hydrogens is 212 g/mol. The van der Waals surface area contributed by atoms with E-state index in [-0.39, 0.29) is 11.2 Å². The van der Waals surface area contributed by atoms with Crippen LogP contribution < -0.4 is 0 Å². The number of hydrogen-bond acceptors (Lipinski definition) is 2. The van der Waals surface area contributed by atoms with Crippen molar-refractivity contribution in [3.05, 3.63) is 23.8 Å². The molecule has 0 bridgehead atoms. The van der Waals surface area contributed by atoms with Gasteiger partial charge in [0.2, 0.25) is 0 Å². The maximum Gasteiger partial charge on any atom is 0.156 e. The first kappa shape index (κ1) is 12.6. The van der Waals surface area contributed by atoms with E-state index in [1.165, 1.54) is 0 Å². The van der Waals surface area contributed by atoms with E-state index in [0.717, 1.165) is 24.0 Å². The largest absolute Gasteiger partial charge is 0.386 e. The Bertz CT molecular complexity index is 407. The molecule has 2 aliphatic rings. The number of carbonyl (C=O) groups excluding carboxylic acids is 1. The van der Waals surface area contributed by atoms with Crippen molar-refractivity contribution in [2.24, 2.45) is 11.3 Å². The summed E-state index contributed by atoms with van der Waals surface area (Å²) in [6.07, 6.45) is 4.74. The molecule has 0 unspecified atom stereocenters. The van der Waals surface area contributed by atoms with Crippen LogP contribution in [-0.4, -0.2) is 16.5 Å². The molecule has 0 aromatic heterocycles. The molecule has 0 amide bonds. The van der Waals surface area contributed by atoms with E-state index < -0.39 is 5.60 Å². The van der Waals surface area contributed by atoms with Crippen molar-refractivity contribution in [1.29, 1.82) is 0 Å². The second kappa shape index (κ2) is 3.81. The Kier molecular flexibility index (Phi) is 2.81. The van der Waals surface area contributed by atoms with Gasteiger partial charge in [0.05, 0.1) is 5.60 Å². The van der Waals surface area contributed by atoms with Gasteiger partial charge in [-0.2, -0.15) is 0 Å². The summed E-state index contributed by atoms with van der Waals surface area (Å²) >= 11 is 0. The predicted molar refractivity (Wildman–Crippen MR) is 68.6 cm³/mol. The second-order valence-corrected chi connectivity index (χ2v) is 6.25. The van der Waals surface area contributed by atoms with Gasteiger partial charge in [-0.25, -0.2) is 0 Å². The minimum absolute atomic E-state index is 0.0393. The fraction of sp³-hybridized carbons (Fsp3) is 0.667. The highest BCUT2D eigenvalue weighted by molar-refractivity contribution is 5.92. The summed E-state index contributed by atoms with van der Waals surface area (Å²) in [5, 5.41) is 10.6. The van der Waals surface area contributed by atoms with E-state index in [9.17, 15) is 9.90 Å². The summed E-state index contributed by atoms with van der Waals surface area (Å²) in [4.78, 5) is 11.7. The average Bonchev–Trinajstić information content (AvgIpc) is 2.20. The monoisotopic (exact) mass is 234 g/mol. The zero-order valence-electron chi connectivity index (χ0n) is 11.0. The molecule has 2 heteroatoms. The van der Waals surface area contributed by atoms with Gasteiger partial charge < -0.3 is 5.11 Å². The van der Waals surface area contributed by atoms with Gasteiger partial charge >= 0.3 is 0 Å². The van der Waals surface area contributed by atoms with Gasteiger partial charge in [-0.05, 0) is 56.1 Å². The van der Waals surface area contributed by atoms with Gasteiger partial charge in [0.25, 0.3) is 0 Å². The molecule has 0 spiro atoms. The van der Waals surface area contributed by atoms with E-state index in [2.05, 4.69) is 13.5 Å². The van der Waals surface area contributed by atoms with Crippen molar-refractivity contribution < 1.29 is 9.90 Å². The van der Waals surface area contributed by atoms with Crippen LogP contribution >= 0.6 is 0 Å². The number of hydrogen-bond donors (Lipinski definition) is 1. The number of ketones is 1. The maximum absolute atomic E-state index is 11.7. The van der Waals surface area contributed by atoms with Crippen LogP contribution in [0.1, 0.15) is 46.5 Å². The van der Waals surface area contributed by atoms with Gasteiger partial charge in [-0.1, -0.05) is 19.1 Å². The van der Waals surface area contributed by atoms with Gasteiger partial charge in [-0.15, -0.1) is 0 Å². The standard InChI is InChI=1S/C15H22O2/c1-10(2)15(17)6-5-14(4)8-12(16)7-11(3)13(14)9-15/h7,13,17H,1,5-6,8-9H2,2-4H3/t13-,14+,15+/m0/s1. The molecule has 94 valence electrons. The molecule has 0 radical (unpaired) electrons. The van der Waals surface area contributed by atoms with Crippen LogP contribution in [0.4, 0.5) is 0 Å². The van der Waals surface area contributed by atoms with E-state index in [1.54, 1.807) is 6.08 Å². The van der Waals surface area contributed by atoms with Gasteiger partial charge in [0.15, 0.2) is 5.78 Å². The van der Waals surface area contributed by atoms with Crippen molar-refractivity contribution in [2.45, 2.75) is 52.1 Å². The molecule has 0 aliphatic heterocycles. The molecule has 1 saturated carbocycles. The number of carbonyl (C=O) groups is 1. The zero-order chi connectivity index (χ0) is 12.8. The highest BCUT2D eigenvalue weighted by Crippen LogP contribution is 2.53. The predicted octanol–water partition coefficient (Wildman–Crippen LogP) is 3.02. The first-order valence-corrected chi connectivity index (χ1v) is 6.36. The van der Waals surface area contributed by atoms with Gasteiger partial charge in [0.1, 0.15) is 0 Å². The van der Waals surface area contributed by atoms with E-state index in [4.69, 9.17) is 0 Å². The third-order valence-corrected chi connectivity index (χ3v) is 4.80. The average molecular weight is 234 g/mol. The van der Waals surface area contributed by atoms with Crippen molar-refractivity contribution in [1.82, 2.24) is 0 Å². The van der Waals surface area contributed by atoms with Crippen LogP contribution in [0.25, 0.3) is 0 Å². The van der Waals surface area contributed by atoms with Crippen LogP contribution in [-0.2, 0) is 4.79 Å². The molecule has 3 atom stereocenters. The van der Waals surface area contributed by atoms with Crippen LogP contribution in [0.2, 0.25) is 0 Å². The van der Waals surface area contributed by atoms with E-state index in [1.807, 2.05) is 13.8 Å². The number of rotatable bonds is 1. The Balaban J connectivity index is 2.33. The van der Waals surface area contributed by atoms with Crippen molar-refractivity contribution in [2.75, 3.05) is 0 Å². The summed E-state index contributed by atoms with van der Waals surface area (Å²) in [7, 11) is 0. The van der Waals surface area contributed by atoms with Crippen LogP contribution in [0.3, 0.4) is 0 Å². The molecule has 2 nitrogen and oxygen atoms in total. The second-order valence-electron chi connectivity index (χ2n) is 6.25. The van der Waals surface area contributed by atoms with Gasteiger partial charge in [0, 0.05) is 6.42 Å². The Hall–Kier alpha value is -0.890. The number of fused-ring (bicyclic) bond motifs is 1. The highest BCUT2D eigenvalue weighted by atomic mass is 16.3. The number of allylic oxidation sites excluding steroid dienone is 2. The molecule has 2 aliphatic carbocycles. The smallest absolute Gasteiger partial charge is 0.156 e. The molecule has 0 saturated heterocycles. The molecular formula is C15H22O2. The van der Waals surface area contributed by atoms with Crippen LogP contribution in [0, 0.1) is 11.3 Å². The summed E-state index contributed by atoms with van der Waals surface area (Å²) in [5.41, 5.74) is 1.28. The summed E-state index contributed by atoms with van der Waals surface area (Å²) in [5.74, 6) is 0.553. The SMILES string of the molecule is C=C(C)[C@@]1(O)CC[C@]2(C)CC(=O)C=C(C)[C@@H]2C1. The third-order valence-electron chi connectivity index (χ3n) is 4.80. The minimum atomic E-state index is -0.736. The zero-order valence-corrected chi connectivity index (χ0v) is 11.0. The Morgan fingerprint density at radius 2 is 2.18 bits per heavy atom. The molecule has 1 N–H and O–H groups in total. The van der Waals surface area contributed by atoms with Gasteiger partial charge in [-0.3, -0.25) is 4.79 Å². The maximum atomic E-state index is 11.7. The number of aliphatic hydroxyl groups is 1. The minimum Gasteiger partial charge on any atom is -0.386 e. The Morgan fingerprint density at radius 1 is 1.53 bits per heavy atom. The van der Waals surface area contributed by atoms with E-state index in [0.29, 0.717) is 18.8 Å². The normalized spacial score (nSPS) is 41.8. The fourth-order valence-corrected chi connectivity index (χ4v) is 3.47. The molecule has 1 fully saturated rings. The van der Waals surface area contributed by atoms with Crippen LogP contribution in [0.5, 0.6) is 0 Å². The lowest BCUT2D eigenvalue weighted by atomic mass is 9.56.